The molecule has 2 aromatic rings. The molecule has 24 heavy (non-hydrogen) atoms. The lowest BCUT2D eigenvalue weighted by Gasteiger charge is -2.35. The molecular formula is C19H23N3OS. The first-order valence-electron chi connectivity index (χ1n) is 8.80. The van der Waals surface area contributed by atoms with Crippen molar-refractivity contribution in [2.45, 2.75) is 44.3 Å². The Bertz CT molecular complexity index is 673. The average molecular weight is 341 g/mol. The topological polar surface area (TPSA) is 36.4 Å². The number of rotatable bonds is 4. The summed E-state index contributed by atoms with van der Waals surface area (Å²) in [5.74, 6) is 0.116. The van der Waals surface area contributed by atoms with Gasteiger partial charge in [0.05, 0.1) is 5.51 Å². The maximum absolute atomic E-state index is 12.8. The highest BCUT2D eigenvalue weighted by Crippen LogP contribution is 2.32. The number of benzene rings is 1. The van der Waals surface area contributed by atoms with Gasteiger partial charge in [-0.2, -0.15) is 0 Å². The van der Waals surface area contributed by atoms with E-state index in [9.17, 15) is 4.79 Å². The Morgan fingerprint density at radius 2 is 1.92 bits per heavy atom. The Balaban J connectivity index is 1.49. The van der Waals surface area contributed by atoms with E-state index in [1.165, 1.54) is 29.7 Å². The van der Waals surface area contributed by atoms with Crippen molar-refractivity contribution in [1.29, 1.82) is 0 Å². The van der Waals surface area contributed by atoms with Crippen LogP contribution in [0.5, 0.6) is 0 Å². The van der Waals surface area contributed by atoms with Crippen molar-refractivity contribution in [3.63, 3.8) is 0 Å². The lowest BCUT2D eigenvalue weighted by molar-refractivity contribution is 0.0634. The van der Waals surface area contributed by atoms with Crippen LogP contribution in [-0.4, -0.2) is 45.9 Å². The average Bonchev–Trinajstić information content (AvgIpc) is 3.36. The molecule has 2 atom stereocenters. The SMILES string of the molecule is O=C(c1cscn1)N1CCC[C@H]1[C@@H]1CCCN1Cc1ccccc1. The van der Waals surface area contributed by atoms with E-state index in [-0.39, 0.29) is 5.91 Å². The minimum Gasteiger partial charge on any atom is -0.333 e. The molecule has 0 aliphatic carbocycles. The summed E-state index contributed by atoms with van der Waals surface area (Å²) in [7, 11) is 0. The van der Waals surface area contributed by atoms with Gasteiger partial charge in [0.2, 0.25) is 0 Å². The molecule has 4 nitrogen and oxygen atoms in total. The molecule has 1 aromatic carbocycles. The second kappa shape index (κ2) is 7.03. The molecule has 0 saturated carbocycles. The van der Waals surface area contributed by atoms with Gasteiger partial charge in [0.15, 0.2) is 0 Å². The van der Waals surface area contributed by atoms with E-state index < -0.39 is 0 Å². The third-order valence-corrected chi connectivity index (χ3v) is 5.88. The van der Waals surface area contributed by atoms with Gasteiger partial charge in [-0.3, -0.25) is 9.69 Å². The van der Waals surface area contributed by atoms with Crippen LogP contribution in [0.15, 0.2) is 41.2 Å². The summed E-state index contributed by atoms with van der Waals surface area (Å²) >= 11 is 1.49. The lowest BCUT2D eigenvalue weighted by atomic mass is 10.0. The molecule has 0 spiro atoms. The number of aromatic nitrogens is 1. The summed E-state index contributed by atoms with van der Waals surface area (Å²) in [6.07, 6.45) is 4.65. The smallest absolute Gasteiger partial charge is 0.273 e. The summed E-state index contributed by atoms with van der Waals surface area (Å²) in [5.41, 5.74) is 3.72. The van der Waals surface area contributed by atoms with Gasteiger partial charge in [-0.25, -0.2) is 4.98 Å². The van der Waals surface area contributed by atoms with Crippen molar-refractivity contribution in [3.8, 4) is 0 Å². The highest BCUT2D eigenvalue weighted by Gasteiger charge is 2.40. The lowest BCUT2D eigenvalue weighted by Crippen LogP contribution is -2.48. The third-order valence-electron chi connectivity index (χ3n) is 5.30. The maximum Gasteiger partial charge on any atom is 0.273 e. The van der Waals surface area contributed by atoms with Gasteiger partial charge < -0.3 is 4.90 Å². The molecule has 1 amide bonds. The second-order valence-electron chi connectivity index (χ2n) is 6.75. The number of amides is 1. The molecule has 5 heteroatoms. The van der Waals surface area contributed by atoms with Gasteiger partial charge in [0.25, 0.3) is 5.91 Å². The Kier molecular flexibility index (Phi) is 4.63. The van der Waals surface area contributed by atoms with Crippen molar-refractivity contribution < 1.29 is 4.79 Å². The fourth-order valence-electron chi connectivity index (χ4n) is 4.21. The fourth-order valence-corrected chi connectivity index (χ4v) is 4.74. The van der Waals surface area contributed by atoms with Crippen LogP contribution in [0.25, 0.3) is 0 Å². The molecule has 4 rings (SSSR count). The van der Waals surface area contributed by atoms with Crippen molar-refractivity contribution in [3.05, 3.63) is 52.5 Å². The third kappa shape index (κ3) is 3.10. The zero-order valence-corrected chi connectivity index (χ0v) is 14.6. The van der Waals surface area contributed by atoms with Crippen LogP contribution < -0.4 is 0 Å². The van der Waals surface area contributed by atoms with Crippen LogP contribution >= 0.6 is 11.3 Å². The Hall–Kier alpha value is -1.72. The zero-order valence-electron chi connectivity index (χ0n) is 13.8. The number of carbonyl (C=O) groups excluding carboxylic acids is 1. The van der Waals surface area contributed by atoms with Crippen LogP contribution in [0.1, 0.15) is 41.7 Å². The first-order valence-corrected chi connectivity index (χ1v) is 9.74. The van der Waals surface area contributed by atoms with E-state index in [0.717, 1.165) is 32.5 Å². The van der Waals surface area contributed by atoms with Crippen LogP contribution in [0, 0.1) is 0 Å². The molecule has 0 bridgehead atoms. The van der Waals surface area contributed by atoms with E-state index in [4.69, 9.17) is 0 Å². The van der Waals surface area contributed by atoms with Gasteiger partial charge in [-0.15, -0.1) is 11.3 Å². The molecule has 1 aromatic heterocycles. The minimum atomic E-state index is 0.116. The summed E-state index contributed by atoms with van der Waals surface area (Å²) in [5, 5.41) is 1.87. The van der Waals surface area contributed by atoms with E-state index in [1.807, 2.05) is 5.38 Å². The van der Waals surface area contributed by atoms with Gasteiger partial charge in [-0.05, 0) is 37.8 Å². The van der Waals surface area contributed by atoms with E-state index >= 15 is 0 Å². The Morgan fingerprint density at radius 1 is 1.12 bits per heavy atom. The molecule has 2 aliphatic heterocycles. The molecular weight excluding hydrogens is 318 g/mol. The molecule has 126 valence electrons. The van der Waals surface area contributed by atoms with Crippen LogP contribution in [0.3, 0.4) is 0 Å². The first-order chi connectivity index (χ1) is 11.8. The van der Waals surface area contributed by atoms with E-state index in [0.29, 0.717) is 17.8 Å². The van der Waals surface area contributed by atoms with Crippen molar-refractivity contribution in [1.82, 2.24) is 14.8 Å². The van der Waals surface area contributed by atoms with Crippen molar-refractivity contribution in [2.75, 3.05) is 13.1 Å². The summed E-state index contributed by atoms with van der Waals surface area (Å²) in [4.78, 5) is 21.7. The molecule has 2 fully saturated rings. The van der Waals surface area contributed by atoms with Gasteiger partial charge in [-0.1, -0.05) is 30.3 Å². The Labute approximate surface area is 147 Å². The summed E-state index contributed by atoms with van der Waals surface area (Å²) < 4.78 is 0. The van der Waals surface area contributed by atoms with Gasteiger partial charge in [0, 0.05) is 30.6 Å². The highest BCUT2D eigenvalue weighted by atomic mass is 32.1. The molecule has 0 N–H and O–H groups in total. The molecule has 2 aliphatic rings. The van der Waals surface area contributed by atoms with Crippen LogP contribution in [0.2, 0.25) is 0 Å². The number of likely N-dealkylation sites (tertiary alicyclic amines) is 2. The highest BCUT2D eigenvalue weighted by molar-refractivity contribution is 7.07. The number of nitrogens with zero attached hydrogens (tertiary/aromatic N) is 3. The number of hydrogen-bond acceptors (Lipinski definition) is 4. The predicted octanol–water partition coefficient (Wildman–Crippen LogP) is 3.41. The number of hydrogen-bond donors (Lipinski definition) is 0. The molecule has 0 unspecified atom stereocenters. The predicted molar refractivity (Wildman–Crippen MR) is 96.0 cm³/mol. The second-order valence-corrected chi connectivity index (χ2v) is 7.47. The zero-order chi connectivity index (χ0) is 16.4. The Morgan fingerprint density at radius 3 is 2.71 bits per heavy atom. The largest absolute Gasteiger partial charge is 0.333 e. The summed E-state index contributed by atoms with van der Waals surface area (Å²) in [6, 6.07) is 11.5. The number of carbonyl (C=O) groups is 1. The summed E-state index contributed by atoms with van der Waals surface area (Å²) in [6.45, 7) is 2.99. The minimum absolute atomic E-state index is 0.116. The van der Waals surface area contributed by atoms with Gasteiger partial charge in [0.1, 0.15) is 5.69 Å². The quantitative estimate of drug-likeness (QED) is 0.855. The molecule has 0 radical (unpaired) electrons. The van der Waals surface area contributed by atoms with Gasteiger partial charge >= 0.3 is 0 Å². The number of thiazole rings is 1. The first kappa shape index (κ1) is 15.8. The maximum atomic E-state index is 12.8. The molecule has 2 saturated heterocycles. The monoisotopic (exact) mass is 341 g/mol. The normalized spacial score (nSPS) is 24.6. The van der Waals surface area contributed by atoms with E-state index in [2.05, 4.69) is 45.1 Å². The van der Waals surface area contributed by atoms with Crippen molar-refractivity contribution in [2.24, 2.45) is 0 Å². The standard InChI is InChI=1S/C19H23N3OS/c23-19(16-13-24-14-20-16)22-11-5-9-18(22)17-8-4-10-21(17)12-15-6-2-1-3-7-15/h1-3,6-7,13-14,17-18H,4-5,8-12H2/t17-,18-/m0/s1. The van der Waals surface area contributed by atoms with Crippen LogP contribution in [-0.2, 0) is 6.54 Å². The van der Waals surface area contributed by atoms with Crippen molar-refractivity contribution >= 4 is 17.2 Å². The van der Waals surface area contributed by atoms with E-state index in [1.54, 1.807) is 5.51 Å². The fraction of sp³-hybridized carbons (Fsp3) is 0.474. The molecule has 3 heterocycles. The van der Waals surface area contributed by atoms with Crippen LogP contribution in [0.4, 0.5) is 0 Å².